The molecule has 21 heteroatoms. The molecule has 0 radical (unpaired) electrons. The molecule has 358 valence electrons. The zero-order valence-corrected chi connectivity index (χ0v) is 36.9. The summed E-state index contributed by atoms with van der Waals surface area (Å²) in [6, 6.07) is 14.4. The summed E-state index contributed by atoms with van der Waals surface area (Å²) in [6.07, 6.45) is -5.59. The molecular weight excluding hydrogens is 877 g/mol. The lowest BCUT2D eigenvalue weighted by Gasteiger charge is -2.27. The maximum atomic E-state index is 13.9. The smallest absolute Gasteiger partial charge is 0.407 e. The number of aliphatic carboxylic acids is 3. The fourth-order valence-electron chi connectivity index (χ4n) is 7.16. The molecule has 0 saturated carbocycles. The van der Waals surface area contributed by atoms with Crippen LogP contribution in [0.15, 0.2) is 78.9 Å². The minimum Gasteiger partial charge on any atom is -0.481 e. The van der Waals surface area contributed by atoms with Gasteiger partial charge in [0.05, 0.1) is 12.8 Å². The first-order valence-corrected chi connectivity index (χ1v) is 21.1. The predicted molar refractivity (Wildman–Crippen MR) is 236 cm³/mol. The van der Waals surface area contributed by atoms with Gasteiger partial charge in [-0.2, -0.15) is 0 Å². The number of nitrogens with two attached hydrogens (primary N) is 1. The third-order valence-electron chi connectivity index (χ3n) is 10.2. The molecule has 3 aromatic rings. The zero-order valence-electron chi connectivity index (χ0n) is 36.9. The molecule has 67 heavy (non-hydrogen) atoms. The van der Waals surface area contributed by atoms with Gasteiger partial charge in [0.25, 0.3) is 0 Å². The van der Waals surface area contributed by atoms with Crippen molar-refractivity contribution >= 4 is 59.5 Å². The highest BCUT2D eigenvalue weighted by atomic mass is 16.6. The van der Waals surface area contributed by atoms with Crippen LogP contribution in [0.5, 0.6) is 0 Å². The molecule has 10 N–H and O–H groups in total. The molecule has 4 rings (SSSR count). The van der Waals surface area contributed by atoms with Crippen LogP contribution in [0.2, 0.25) is 0 Å². The molecule has 3 aromatic carbocycles. The number of carbonyl (C=O) groups is 10. The Hall–Kier alpha value is -7.84. The minimum absolute atomic E-state index is 0.173. The van der Waals surface area contributed by atoms with Gasteiger partial charge in [-0.15, -0.1) is 0 Å². The average molecular weight is 931 g/mol. The van der Waals surface area contributed by atoms with E-state index in [4.69, 9.17) is 15.2 Å². The van der Waals surface area contributed by atoms with E-state index < -0.39 is 134 Å². The Morgan fingerprint density at radius 1 is 0.582 bits per heavy atom. The lowest BCUT2D eigenvalue weighted by Crippen LogP contribution is -2.59. The summed E-state index contributed by atoms with van der Waals surface area (Å²) in [4.78, 5) is 129. The number of alkyl carbamates (subject to hydrolysis) is 1. The Bertz CT molecular complexity index is 2290. The van der Waals surface area contributed by atoms with Gasteiger partial charge in [-0.3, -0.25) is 38.4 Å². The van der Waals surface area contributed by atoms with E-state index in [0.29, 0.717) is 5.56 Å². The van der Waals surface area contributed by atoms with E-state index in [2.05, 4.69) is 26.6 Å². The summed E-state index contributed by atoms with van der Waals surface area (Å²) < 4.78 is 10.8. The van der Waals surface area contributed by atoms with Crippen molar-refractivity contribution in [1.29, 1.82) is 0 Å². The van der Waals surface area contributed by atoms with Gasteiger partial charge in [-0.25, -0.2) is 9.59 Å². The summed E-state index contributed by atoms with van der Waals surface area (Å²) in [7, 11) is 0. The van der Waals surface area contributed by atoms with Crippen molar-refractivity contribution in [2.24, 2.45) is 5.73 Å². The van der Waals surface area contributed by atoms with Crippen LogP contribution >= 0.6 is 0 Å². The van der Waals surface area contributed by atoms with Crippen molar-refractivity contribution in [3.63, 3.8) is 0 Å². The summed E-state index contributed by atoms with van der Waals surface area (Å²) in [5.41, 5.74) is 8.50. The van der Waals surface area contributed by atoms with Crippen molar-refractivity contribution in [2.45, 2.75) is 107 Å². The van der Waals surface area contributed by atoms with E-state index in [1.165, 1.54) is 20.8 Å². The van der Waals surface area contributed by atoms with Crippen LogP contribution in [0.1, 0.15) is 81.9 Å². The van der Waals surface area contributed by atoms with Crippen LogP contribution in [-0.2, 0) is 59.0 Å². The quantitative estimate of drug-likeness (QED) is 0.0575. The number of hydrogen-bond donors (Lipinski definition) is 9. The summed E-state index contributed by atoms with van der Waals surface area (Å²) in [5, 5.41) is 40.0. The Balaban J connectivity index is 1.53. The first-order valence-electron chi connectivity index (χ1n) is 21.1. The van der Waals surface area contributed by atoms with Gasteiger partial charge in [-0.05, 0) is 61.4 Å². The number of nitrogens with one attached hydrogen (secondary N) is 5. The fourth-order valence-corrected chi connectivity index (χ4v) is 7.16. The highest BCUT2D eigenvalue weighted by molar-refractivity contribution is 5.98. The van der Waals surface area contributed by atoms with Crippen LogP contribution in [0.25, 0.3) is 11.1 Å². The second kappa shape index (κ2) is 23.9. The lowest BCUT2D eigenvalue weighted by atomic mass is 9.98. The highest BCUT2D eigenvalue weighted by Gasteiger charge is 2.36. The van der Waals surface area contributed by atoms with Gasteiger partial charge in [0.15, 0.2) is 0 Å². The van der Waals surface area contributed by atoms with Crippen LogP contribution in [0.3, 0.4) is 0 Å². The Kier molecular flexibility index (Phi) is 18.5. The monoisotopic (exact) mass is 930 g/mol. The largest absolute Gasteiger partial charge is 0.481 e. The molecule has 1 aliphatic carbocycles. The first kappa shape index (κ1) is 51.8. The second-order valence-corrected chi connectivity index (χ2v) is 16.6. The molecule has 0 bridgehead atoms. The Labute approximate surface area is 384 Å². The van der Waals surface area contributed by atoms with E-state index in [1.54, 1.807) is 30.3 Å². The number of fused-ring (bicyclic) bond motifs is 3. The molecular formula is C46H54N6O15. The molecule has 5 atom stereocenters. The number of ether oxygens (including phenoxy) is 2. The first-order chi connectivity index (χ1) is 31.6. The molecule has 21 nitrogen and oxygen atoms in total. The zero-order chi connectivity index (χ0) is 49.4. The van der Waals surface area contributed by atoms with Gasteiger partial charge in [0, 0.05) is 25.2 Å². The minimum atomic E-state index is -1.95. The van der Waals surface area contributed by atoms with E-state index in [1.807, 2.05) is 48.5 Å². The maximum absolute atomic E-state index is 13.9. The highest BCUT2D eigenvalue weighted by Crippen LogP contribution is 2.44. The van der Waals surface area contributed by atoms with E-state index >= 15 is 0 Å². The number of carboxylic acid groups (broad SMARTS) is 3. The van der Waals surface area contributed by atoms with Crippen molar-refractivity contribution in [3.05, 3.63) is 95.6 Å². The van der Waals surface area contributed by atoms with Gasteiger partial charge in [0.1, 0.15) is 42.4 Å². The molecule has 0 aromatic heterocycles. The molecule has 6 amide bonds. The average Bonchev–Trinajstić information content (AvgIpc) is 3.57. The number of rotatable bonds is 24. The van der Waals surface area contributed by atoms with Crippen molar-refractivity contribution in [3.8, 4) is 11.1 Å². The number of amides is 6. The predicted octanol–water partition coefficient (Wildman–Crippen LogP) is 1.50. The topological polar surface area (TPSA) is 336 Å². The number of carbonyl (C=O) groups excluding carboxylic acids is 7. The van der Waals surface area contributed by atoms with Gasteiger partial charge >= 0.3 is 30.0 Å². The van der Waals surface area contributed by atoms with Gasteiger partial charge in [-0.1, -0.05) is 78.9 Å². The SMILES string of the molecule is CC(C)(C)OC(=O)C[C@H](NC(=O)[C@H](CC(N)=O)NC(=O)[C@H](CCC(=O)O)NC(=O)OCC1c2ccccc2-c2ccccc21)C(=O)N[C@@H](CCC(=O)O)C(=O)N[C@@H](Cc1ccccc1)C(=O)O. The third-order valence-corrected chi connectivity index (χ3v) is 10.2. The summed E-state index contributed by atoms with van der Waals surface area (Å²) in [5.74, 6) is -11.6. The number of hydrogen-bond acceptors (Lipinski definition) is 12. The molecule has 0 heterocycles. The number of primary amides is 1. The fraction of sp³-hybridized carbons (Fsp3) is 0.391. The van der Waals surface area contributed by atoms with Gasteiger partial charge < -0.3 is 57.1 Å². The van der Waals surface area contributed by atoms with E-state index in [-0.39, 0.29) is 18.9 Å². The van der Waals surface area contributed by atoms with Crippen LogP contribution in [0.4, 0.5) is 4.79 Å². The molecule has 0 saturated heterocycles. The number of benzene rings is 3. The third kappa shape index (κ3) is 16.3. The molecule has 0 fully saturated rings. The summed E-state index contributed by atoms with van der Waals surface area (Å²) in [6.45, 7) is 4.35. The van der Waals surface area contributed by atoms with E-state index in [9.17, 15) is 63.3 Å². The van der Waals surface area contributed by atoms with Crippen LogP contribution in [-0.4, -0.2) is 117 Å². The normalized spacial score (nSPS) is 14.0. The van der Waals surface area contributed by atoms with Crippen molar-refractivity contribution in [1.82, 2.24) is 26.6 Å². The number of esters is 1. The Morgan fingerprint density at radius 3 is 1.49 bits per heavy atom. The van der Waals surface area contributed by atoms with Crippen molar-refractivity contribution in [2.75, 3.05) is 6.61 Å². The molecule has 0 aliphatic heterocycles. The second-order valence-electron chi connectivity index (χ2n) is 16.6. The maximum Gasteiger partial charge on any atom is 0.407 e. The van der Waals surface area contributed by atoms with Gasteiger partial charge in [0.2, 0.25) is 29.5 Å². The summed E-state index contributed by atoms with van der Waals surface area (Å²) >= 11 is 0. The molecule has 0 spiro atoms. The van der Waals surface area contributed by atoms with E-state index in [0.717, 1.165) is 22.3 Å². The number of carboxylic acids is 3. The molecule has 1 aliphatic rings. The van der Waals surface area contributed by atoms with Crippen molar-refractivity contribution < 1.29 is 72.7 Å². The standard InChI is InChI=1S/C46H54N6O15/c1-46(2,3)67-39(58)23-34(43(62)48-31(17-19-37(54)55)40(59)51-35(44(63)64)21-25-11-5-4-6-12-25)50-42(61)33(22-36(47)53)49-41(60)32(18-20-38(56)57)52-45(65)66-24-30-28-15-9-7-13-26(28)27-14-8-10-16-29(27)30/h4-16,30-35H,17-24H2,1-3H3,(H2,47,53)(H,48,62)(H,49,60)(H,50,61)(H,51,59)(H,52,65)(H,54,55)(H,56,57)(H,63,64)/t31-,32-,33-,34-,35-/m0/s1. The Morgan fingerprint density at radius 2 is 1.01 bits per heavy atom. The lowest BCUT2D eigenvalue weighted by molar-refractivity contribution is -0.157. The molecule has 0 unspecified atom stereocenters. The van der Waals surface area contributed by atoms with Crippen LogP contribution in [0, 0.1) is 0 Å². The van der Waals surface area contributed by atoms with Crippen LogP contribution < -0.4 is 32.3 Å².